The van der Waals surface area contributed by atoms with E-state index in [2.05, 4.69) is 27.9 Å². The van der Waals surface area contributed by atoms with Crippen LogP contribution in [0.2, 0.25) is 5.02 Å². The lowest BCUT2D eigenvalue weighted by molar-refractivity contribution is 0.592. The lowest BCUT2D eigenvalue weighted by Crippen LogP contribution is -2.00. The molecule has 0 aliphatic rings. The van der Waals surface area contributed by atoms with Gasteiger partial charge in [0.2, 0.25) is 0 Å². The summed E-state index contributed by atoms with van der Waals surface area (Å²) in [5.74, 6) is -1.52. The molecule has 2 aromatic rings. The van der Waals surface area contributed by atoms with Crippen molar-refractivity contribution in [2.75, 3.05) is 11.1 Å². The predicted octanol–water partition coefficient (Wildman–Crippen LogP) is 4.55. The number of hydrogen-bond acceptors (Lipinski definition) is 2. The Bertz CT molecular complexity index is 582. The van der Waals surface area contributed by atoms with Gasteiger partial charge in [0.15, 0.2) is 11.6 Å². The summed E-state index contributed by atoms with van der Waals surface area (Å²) in [6.07, 6.45) is 0. The Balaban J connectivity index is 2.40. The van der Waals surface area contributed by atoms with Gasteiger partial charge in [-0.1, -0.05) is 11.6 Å². The van der Waals surface area contributed by atoms with E-state index >= 15 is 0 Å². The average molecular weight is 381 g/mol. The summed E-state index contributed by atoms with van der Waals surface area (Å²) >= 11 is 8.07. The molecule has 0 bridgehead atoms. The van der Waals surface area contributed by atoms with Gasteiger partial charge in [0, 0.05) is 9.26 Å². The van der Waals surface area contributed by atoms with E-state index in [9.17, 15) is 8.78 Å². The van der Waals surface area contributed by atoms with E-state index in [1.807, 2.05) is 0 Å². The molecular formula is C12H8ClF2IN2. The molecule has 0 atom stereocenters. The first-order valence-electron chi connectivity index (χ1n) is 4.94. The van der Waals surface area contributed by atoms with Gasteiger partial charge < -0.3 is 11.1 Å². The first-order valence-corrected chi connectivity index (χ1v) is 6.39. The van der Waals surface area contributed by atoms with Gasteiger partial charge in [-0.05, 0) is 52.9 Å². The standard InChI is InChI=1S/C12H8ClF2IN2/c13-8-3-6(16)1-2-11(8)18-12-9(14)4-7(17)5-10(12)15/h1-5,18H,17H2. The van der Waals surface area contributed by atoms with Crippen molar-refractivity contribution in [3.8, 4) is 0 Å². The molecule has 6 heteroatoms. The van der Waals surface area contributed by atoms with Crippen molar-refractivity contribution >= 4 is 51.3 Å². The molecule has 0 amide bonds. The Hall–Kier alpha value is -1.08. The van der Waals surface area contributed by atoms with Crippen LogP contribution in [0, 0.1) is 15.2 Å². The van der Waals surface area contributed by atoms with Gasteiger partial charge in [0.1, 0.15) is 5.69 Å². The van der Waals surface area contributed by atoms with Crippen molar-refractivity contribution in [2.24, 2.45) is 0 Å². The van der Waals surface area contributed by atoms with Gasteiger partial charge in [-0.2, -0.15) is 0 Å². The predicted molar refractivity (Wildman–Crippen MR) is 78.2 cm³/mol. The van der Waals surface area contributed by atoms with E-state index < -0.39 is 11.6 Å². The van der Waals surface area contributed by atoms with Crippen LogP contribution in [-0.2, 0) is 0 Å². The van der Waals surface area contributed by atoms with E-state index in [4.69, 9.17) is 17.3 Å². The Kier molecular flexibility index (Phi) is 3.91. The van der Waals surface area contributed by atoms with Crippen LogP contribution >= 0.6 is 34.2 Å². The van der Waals surface area contributed by atoms with E-state index in [0.717, 1.165) is 15.7 Å². The van der Waals surface area contributed by atoms with E-state index in [0.29, 0.717) is 10.7 Å². The van der Waals surface area contributed by atoms with Crippen LogP contribution in [0.1, 0.15) is 0 Å². The van der Waals surface area contributed by atoms with Gasteiger partial charge in [-0.25, -0.2) is 8.78 Å². The summed E-state index contributed by atoms with van der Waals surface area (Å²) in [4.78, 5) is 0. The molecule has 0 unspecified atom stereocenters. The molecule has 0 aliphatic carbocycles. The molecule has 2 nitrogen and oxygen atoms in total. The highest BCUT2D eigenvalue weighted by Crippen LogP contribution is 2.30. The number of rotatable bonds is 2. The zero-order valence-electron chi connectivity index (χ0n) is 8.98. The van der Waals surface area contributed by atoms with Crippen LogP contribution in [0.4, 0.5) is 25.8 Å². The first-order chi connectivity index (χ1) is 8.47. The smallest absolute Gasteiger partial charge is 0.151 e. The number of nitrogens with two attached hydrogens (primary N) is 1. The zero-order chi connectivity index (χ0) is 13.3. The fourth-order valence-corrected chi connectivity index (χ4v) is 2.34. The van der Waals surface area contributed by atoms with Crippen LogP contribution in [0.15, 0.2) is 30.3 Å². The number of benzene rings is 2. The largest absolute Gasteiger partial charge is 0.399 e. The highest BCUT2D eigenvalue weighted by atomic mass is 127. The third kappa shape index (κ3) is 2.84. The fraction of sp³-hybridized carbons (Fsp3) is 0. The first kappa shape index (κ1) is 13.4. The van der Waals surface area contributed by atoms with E-state index in [1.165, 1.54) is 0 Å². The normalized spacial score (nSPS) is 10.4. The molecule has 0 fully saturated rings. The molecule has 0 saturated carbocycles. The molecule has 2 rings (SSSR count). The minimum atomic E-state index is -0.762. The van der Waals surface area contributed by atoms with Crippen molar-refractivity contribution in [2.45, 2.75) is 0 Å². The third-order valence-electron chi connectivity index (χ3n) is 2.26. The highest BCUT2D eigenvalue weighted by Gasteiger charge is 2.12. The van der Waals surface area contributed by atoms with Crippen LogP contribution in [-0.4, -0.2) is 0 Å². The maximum atomic E-state index is 13.6. The number of halogens is 4. The van der Waals surface area contributed by atoms with Crippen LogP contribution < -0.4 is 11.1 Å². The highest BCUT2D eigenvalue weighted by molar-refractivity contribution is 14.1. The molecule has 0 aliphatic heterocycles. The molecule has 94 valence electrons. The number of hydrogen-bond donors (Lipinski definition) is 2. The minimum absolute atomic E-state index is 0.0317. The zero-order valence-corrected chi connectivity index (χ0v) is 11.9. The third-order valence-corrected chi connectivity index (χ3v) is 3.24. The topological polar surface area (TPSA) is 38.0 Å². The molecule has 2 aromatic carbocycles. The SMILES string of the molecule is Nc1cc(F)c(Nc2ccc(I)cc2Cl)c(F)c1. The molecular weight excluding hydrogens is 372 g/mol. The van der Waals surface area contributed by atoms with Crippen molar-refractivity contribution in [1.82, 2.24) is 0 Å². The Labute approximate surface area is 121 Å². The maximum absolute atomic E-state index is 13.6. The lowest BCUT2D eigenvalue weighted by atomic mass is 10.2. The molecule has 18 heavy (non-hydrogen) atoms. The summed E-state index contributed by atoms with van der Waals surface area (Å²) in [5, 5.41) is 3.01. The minimum Gasteiger partial charge on any atom is -0.399 e. The van der Waals surface area contributed by atoms with Crippen LogP contribution in [0.25, 0.3) is 0 Å². The second kappa shape index (κ2) is 5.27. The number of nitrogens with one attached hydrogen (secondary N) is 1. The average Bonchev–Trinajstić information content (AvgIpc) is 2.25. The molecule has 0 radical (unpaired) electrons. The Morgan fingerprint density at radius 1 is 1.11 bits per heavy atom. The van der Waals surface area contributed by atoms with E-state index in [1.54, 1.807) is 18.2 Å². The second-order valence-electron chi connectivity index (χ2n) is 3.61. The summed E-state index contributed by atoms with van der Waals surface area (Å²) < 4.78 is 28.1. The summed E-state index contributed by atoms with van der Waals surface area (Å²) in [6, 6.07) is 7.22. The van der Waals surface area contributed by atoms with Crippen LogP contribution in [0.3, 0.4) is 0 Å². The maximum Gasteiger partial charge on any atom is 0.151 e. The van der Waals surface area contributed by atoms with Crippen molar-refractivity contribution in [3.63, 3.8) is 0 Å². The summed E-state index contributed by atoms with van der Waals surface area (Å²) in [5.41, 5.74) is 5.53. The van der Waals surface area contributed by atoms with Gasteiger partial charge in [-0.15, -0.1) is 0 Å². The number of anilines is 3. The molecule has 0 aromatic heterocycles. The summed E-state index contributed by atoms with van der Waals surface area (Å²) in [6.45, 7) is 0. The van der Waals surface area contributed by atoms with Crippen LogP contribution in [0.5, 0.6) is 0 Å². The lowest BCUT2D eigenvalue weighted by Gasteiger charge is -2.11. The monoisotopic (exact) mass is 380 g/mol. The second-order valence-corrected chi connectivity index (χ2v) is 5.26. The quantitative estimate of drug-likeness (QED) is 0.593. The van der Waals surface area contributed by atoms with E-state index in [-0.39, 0.29) is 11.4 Å². The van der Waals surface area contributed by atoms with Gasteiger partial charge in [-0.3, -0.25) is 0 Å². The van der Waals surface area contributed by atoms with Crippen molar-refractivity contribution < 1.29 is 8.78 Å². The molecule has 0 spiro atoms. The summed E-state index contributed by atoms with van der Waals surface area (Å²) in [7, 11) is 0. The molecule has 0 heterocycles. The fourth-order valence-electron chi connectivity index (χ4n) is 1.44. The van der Waals surface area contributed by atoms with Crippen molar-refractivity contribution in [3.05, 3.63) is 50.6 Å². The Morgan fingerprint density at radius 2 is 1.72 bits per heavy atom. The van der Waals surface area contributed by atoms with Crippen molar-refractivity contribution in [1.29, 1.82) is 0 Å². The molecule has 0 saturated heterocycles. The Morgan fingerprint density at radius 3 is 2.28 bits per heavy atom. The van der Waals surface area contributed by atoms with Gasteiger partial charge in [0.05, 0.1) is 10.7 Å². The van der Waals surface area contributed by atoms with Gasteiger partial charge >= 0.3 is 0 Å². The number of nitrogen functional groups attached to an aromatic ring is 1. The molecule has 3 N–H and O–H groups in total. The van der Waals surface area contributed by atoms with Gasteiger partial charge in [0.25, 0.3) is 0 Å².